The van der Waals surface area contributed by atoms with E-state index in [0.29, 0.717) is 17.5 Å². The van der Waals surface area contributed by atoms with E-state index in [2.05, 4.69) is 114 Å². The van der Waals surface area contributed by atoms with E-state index in [1.165, 1.54) is 21.8 Å². The third kappa shape index (κ3) is 4.58. The van der Waals surface area contributed by atoms with Gasteiger partial charge in [-0.3, -0.25) is 0 Å². The highest BCUT2D eigenvalue weighted by Crippen LogP contribution is 2.42. The highest BCUT2D eigenvalue weighted by atomic mass is 15.0. The Morgan fingerprint density at radius 2 is 0.872 bits per heavy atom. The second-order valence-corrected chi connectivity index (χ2v) is 11.6. The Morgan fingerprint density at radius 3 is 1.55 bits per heavy atom. The average Bonchev–Trinajstić information content (AvgIpc) is 3.50. The topological polar surface area (TPSA) is 43.6 Å². The first-order valence-electron chi connectivity index (χ1n) is 15.8. The van der Waals surface area contributed by atoms with Gasteiger partial charge in [0.25, 0.3) is 0 Å². The van der Waals surface area contributed by atoms with Crippen LogP contribution in [0.15, 0.2) is 170 Å². The highest BCUT2D eigenvalue weighted by molar-refractivity contribution is 6.17. The van der Waals surface area contributed by atoms with Gasteiger partial charge in [0, 0.05) is 44.1 Å². The van der Waals surface area contributed by atoms with Crippen LogP contribution >= 0.6 is 0 Å². The molecule has 0 unspecified atom stereocenters. The largest absolute Gasteiger partial charge is 0.309 e. The molecule has 2 aromatic heterocycles. The zero-order chi connectivity index (χ0) is 31.2. The summed E-state index contributed by atoms with van der Waals surface area (Å²) in [7, 11) is 0. The summed E-state index contributed by atoms with van der Waals surface area (Å²) >= 11 is 0. The van der Waals surface area contributed by atoms with Crippen LogP contribution < -0.4 is 0 Å². The second-order valence-electron chi connectivity index (χ2n) is 11.6. The molecular weight excluding hydrogens is 573 g/mol. The number of hydrogen-bond acceptors (Lipinski definition) is 3. The van der Waals surface area contributed by atoms with E-state index in [9.17, 15) is 0 Å². The maximum Gasteiger partial charge on any atom is 0.164 e. The molecule has 0 saturated carbocycles. The third-order valence-corrected chi connectivity index (χ3v) is 8.84. The van der Waals surface area contributed by atoms with E-state index in [0.717, 1.165) is 44.3 Å². The minimum absolute atomic E-state index is 0.645. The van der Waals surface area contributed by atoms with Crippen LogP contribution in [0.1, 0.15) is 0 Å². The molecule has 9 rings (SSSR count). The summed E-state index contributed by atoms with van der Waals surface area (Å²) in [4.78, 5) is 15.2. The van der Waals surface area contributed by atoms with Crippen LogP contribution in [-0.4, -0.2) is 19.5 Å². The van der Waals surface area contributed by atoms with Crippen LogP contribution in [0.5, 0.6) is 0 Å². The molecule has 220 valence electrons. The second kappa shape index (κ2) is 11.2. The molecule has 9 aromatic rings. The van der Waals surface area contributed by atoms with Gasteiger partial charge >= 0.3 is 0 Å². The number of nitrogens with zero attached hydrogens (tertiary/aromatic N) is 4. The van der Waals surface area contributed by atoms with Crippen molar-refractivity contribution < 1.29 is 0 Å². The van der Waals surface area contributed by atoms with Crippen molar-refractivity contribution in [2.24, 2.45) is 0 Å². The molecular formula is C43H28N4. The molecule has 4 nitrogen and oxygen atoms in total. The van der Waals surface area contributed by atoms with Crippen molar-refractivity contribution in [3.05, 3.63) is 170 Å². The van der Waals surface area contributed by atoms with Crippen molar-refractivity contribution in [1.82, 2.24) is 19.5 Å². The number of rotatable bonds is 5. The smallest absolute Gasteiger partial charge is 0.164 e. The van der Waals surface area contributed by atoms with Crippen molar-refractivity contribution in [2.75, 3.05) is 0 Å². The summed E-state index contributed by atoms with van der Waals surface area (Å²) in [5, 5.41) is 4.68. The molecule has 0 amide bonds. The summed E-state index contributed by atoms with van der Waals surface area (Å²) < 4.78 is 2.39. The predicted molar refractivity (Wildman–Crippen MR) is 193 cm³/mol. The first-order chi connectivity index (χ1) is 23.3. The summed E-state index contributed by atoms with van der Waals surface area (Å²) in [6.45, 7) is 0. The fourth-order valence-electron chi connectivity index (χ4n) is 6.76. The van der Waals surface area contributed by atoms with Crippen LogP contribution in [0.2, 0.25) is 0 Å². The van der Waals surface area contributed by atoms with Crippen molar-refractivity contribution in [2.45, 2.75) is 0 Å². The van der Waals surface area contributed by atoms with E-state index in [4.69, 9.17) is 15.0 Å². The molecule has 0 bridgehead atoms. The van der Waals surface area contributed by atoms with Gasteiger partial charge in [0.15, 0.2) is 17.5 Å². The molecule has 0 spiro atoms. The van der Waals surface area contributed by atoms with Gasteiger partial charge < -0.3 is 4.57 Å². The van der Waals surface area contributed by atoms with Crippen molar-refractivity contribution in [3.8, 4) is 51.0 Å². The Kier molecular flexibility index (Phi) is 6.43. The van der Waals surface area contributed by atoms with E-state index >= 15 is 0 Å². The zero-order valence-electron chi connectivity index (χ0n) is 25.5. The maximum absolute atomic E-state index is 5.12. The molecule has 7 aromatic carbocycles. The minimum atomic E-state index is 0.645. The van der Waals surface area contributed by atoms with E-state index in [1.54, 1.807) is 0 Å². The zero-order valence-corrected chi connectivity index (χ0v) is 25.5. The van der Waals surface area contributed by atoms with Crippen molar-refractivity contribution >= 4 is 32.6 Å². The molecule has 0 radical (unpaired) electrons. The van der Waals surface area contributed by atoms with Gasteiger partial charge in [-0.05, 0) is 29.1 Å². The fourth-order valence-corrected chi connectivity index (χ4v) is 6.76. The molecule has 0 N–H and O–H groups in total. The lowest BCUT2D eigenvalue weighted by Crippen LogP contribution is -2.01. The normalized spacial score (nSPS) is 11.4. The van der Waals surface area contributed by atoms with Gasteiger partial charge in [0.2, 0.25) is 0 Å². The number of para-hydroxylation sites is 3. The number of hydrogen-bond donors (Lipinski definition) is 0. The standard InChI is InChI=1S/C43H28N4/c1-4-15-30(16-5-1)41-44-42(31-17-6-2-7-18-31)46-43(45-41)37-27-13-20-29-19-12-24-34(39(29)37)36-26-14-25-35-33-23-10-11-28-38(33)47(40(35)36)32-21-8-3-9-22-32/h1-28H. The molecule has 0 aliphatic rings. The SMILES string of the molecule is c1ccc(-c2nc(-c3ccccc3)nc(-c3cccc4cccc(-c5cccc6c7ccccc7n(-c7ccccc7)c56)c34)n2)cc1. The van der Waals surface area contributed by atoms with Gasteiger partial charge in [-0.2, -0.15) is 0 Å². The Bertz CT molecular complexity index is 2490. The van der Waals surface area contributed by atoms with Gasteiger partial charge in [-0.1, -0.05) is 152 Å². The van der Waals surface area contributed by atoms with Gasteiger partial charge in [0.05, 0.1) is 11.0 Å². The fraction of sp³-hybridized carbons (Fsp3) is 0. The van der Waals surface area contributed by atoms with Crippen LogP contribution in [0.25, 0.3) is 83.6 Å². The molecule has 0 aliphatic heterocycles. The summed E-state index contributed by atoms with van der Waals surface area (Å²) in [5.41, 5.74) is 8.63. The van der Waals surface area contributed by atoms with Gasteiger partial charge in [0.1, 0.15) is 0 Å². The maximum atomic E-state index is 5.12. The number of aromatic nitrogens is 4. The highest BCUT2D eigenvalue weighted by Gasteiger charge is 2.20. The molecule has 0 atom stereocenters. The van der Waals surface area contributed by atoms with Crippen molar-refractivity contribution in [3.63, 3.8) is 0 Å². The van der Waals surface area contributed by atoms with Crippen LogP contribution in [0.3, 0.4) is 0 Å². The lowest BCUT2D eigenvalue weighted by molar-refractivity contribution is 1.08. The Labute approximate surface area is 272 Å². The average molecular weight is 601 g/mol. The lowest BCUT2D eigenvalue weighted by atomic mass is 9.93. The first kappa shape index (κ1) is 27.0. The molecule has 0 fully saturated rings. The molecule has 0 aliphatic carbocycles. The van der Waals surface area contributed by atoms with Gasteiger partial charge in [-0.15, -0.1) is 0 Å². The summed E-state index contributed by atoms with van der Waals surface area (Å²) in [6, 6.07) is 59.2. The first-order valence-corrected chi connectivity index (χ1v) is 15.8. The van der Waals surface area contributed by atoms with E-state index < -0.39 is 0 Å². The Morgan fingerprint density at radius 1 is 0.362 bits per heavy atom. The Hall–Kier alpha value is -6.39. The molecule has 47 heavy (non-hydrogen) atoms. The summed E-state index contributed by atoms with van der Waals surface area (Å²) in [6.07, 6.45) is 0. The number of fused-ring (bicyclic) bond motifs is 4. The van der Waals surface area contributed by atoms with E-state index in [-0.39, 0.29) is 0 Å². The minimum Gasteiger partial charge on any atom is -0.309 e. The third-order valence-electron chi connectivity index (χ3n) is 8.84. The quantitative estimate of drug-likeness (QED) is 0.197. The Balaban J connectivity index is 1.36. The molecule has 0 saturated heterocycles. The van der Waals surface area contributed by atoms with Crippen LogP contribution in [0, 0.1) is 0 Å². The van der Waals surface area contributed by atoms with Crippen molar-refractivity contribution in [1.29, 1.82) is 0 Å². The van der Waals surface area contributed by atoms with Gasteiger partial charge in [-0.25, -0.2) is 15.0 Å². The predicted octanol–water partition coefficient (Wildman–Crippen LogP) is 10.8. The summed E-state index contributed by atoms with van der Waals surface area (Å²) in [5.74, 6) is 1.94. The lowest BCUT2D eigenvalue weighted by Gasteiger charge is -2.16. The van der Waals surface area contributed by atoms with Crippen LogP contribution in [0.4, 0.5) is 0 Å². The molecule has 2 heterocycles. The molecule has 4 heteroatoms. The van der Waals surface area contributed by atoms with Crippen LogP contribution in [-0.2, 0) is 0 Å². The number of benzene rings is 7. The van der Waals surface area contributed by atoms with E-state index in [1.807, 2.05) is 60.7 Å². The monoisotopic (exact) mass is 600 g/mol.